The quantitative estimate of drug-likeness (QED) is 0.587. The fourth-order valence-electron chi connectivity index (χ4n) is 0.973. The minimum Gasteiger partial charge on any atom is -0.397 e. The summed E-state index contributed by atoms with van der Waals surface area (Å²) >= 11 is 0. The van der Waals surface area contributed by atoms with Gasteiger partial charge in [0, 0.05) is 19.6 Å². The van der Waals surface area contributed by atoms with Crippen LogP contribution in [0.2, 0.25) is 6.04 Å². The van der Waals surface area contributed by atoms with Crippen molar-refractivity contribution < 1.29 is 13.6 Å². The molecule has 0 saturated heterocycles. The molecule has 1 amide bonds. The molecule has 14 heavy (non-hydrogen) atoms. The van der Waals surface area contributed by atoms with Gasteiger partial charge in [-0.15, -0.1) is 0 Å². The van der Waals surface area contributed by atoms with Gasteiger partial charge in [0.25, 0.3) is 0 Å². The van der Waals surface area contributed by atoms with Gasteiger partial charge < -0.3 is 14.6 Å². The molecule has 0 fully saturated rings. The number of primary amides is 1. The maximum atomic E-state index is 10.6. The second kappa shape index (κ2) is 9.17. The van der Waals surface area contributed by atoms with Crippen molar-refractivity contribution in [3.63, 3.8) is 0 Å². The Morgan fingerprint density at radius 2 is 1.71 bits per heavy atom. The van der Waals surface area contributed by atoms with Gasteiger partial charge in [0.2, 0.25) is 5.91 Å². The fourth-order valence-corrected chi connectivity index (χ4v) is 2.92. The van der Waals surface area contributed by atoms with Crippen molar-refractivity contribution in [1.29, 1.82) is 0 Å². The third-order valence-corrected chi connectivity index (χ3v) is 3.62. The largest absolute Gasteiger partial charge is 0.397 e. The smallest absolute Gasteiger partial charge is 0.321 e. The minimum absolute atomic E-state index is 0.275. The number of amides is 1. The Hall–Kier alpha value is -0.393. The molecule has 0 aliphatic heterocycles. The molecule has 0 radical (unpaired) electrons. The van der Waals surface area contributed by atoms with Gasteiger partial charge in [0.15, 0.2) is 0 Å². The van der Waals surface area contributed by atoms with Crippen LogP contribution in [0.15, 0.2) is 0 Å². The number of carbonyl (C=O) groups is 1. The summed E-state index contributed by atoms with van der Waals surface area (Å²) in [5.74, 6) is -0.275. The number of rotatable bonds is 9. The Morgan fingerprint density at radius 3 is 2.07 bits per heavy atom. The van der Waals surface area contributed by atoms with Gasteiger partial charge in [-0.1, -0.05) is 13.8 Å². The Morgan fingerprint density at radius 1 is 1.21 bits per heavy atom. The van der Waals surface area contributed by atoms with Crippen LogP contribution in [0.4, 0.5) is 0 Å². The lowest BCUT2D eigenvalue weighted by atomic mass is 10.5. The van der Waals surface area contributed by atoms with Crippen molar-refractivity contribution in [3.8, 4) is 0 Å². The molecule has 0 aliphatic rings. The summed E-state index contributed by atoms with van der Waals surface area (Å²) in [5, 5.41) is 0. The van der Waals surface area contributed by atoms with Gasteiger partial charge in [-0.05, 0) is 18.9 Å². The zero-order valence-corrected chi connectivity index (χ0v) is 10.3. The second-order valence-electron chi connectivity index (χ2n) is 3.18. The highest BCUT2D eigenvalue weighted by Gasteiger charge is 2.13. The first-order valence-electron chi connectivity index (χ1n) is 5.22. The highest BCUT2D eigenvalue weighted by atomic mass is 28.3. The molecular weight excluding hydrogens is 198 g/mol. The van der Waals surface area contributed by atoms with Crippen molar-refractivity contribution in [2.24, 2.45) is 5.73 Å². The van der Waals surface area contributed by atoms with Crippen molar-refractivity contribution in [3.05, 3.63) is 0 Å². The van der Waals surface area contributed by atoms with Crippen LogP contribution in [-0.4, -0.2) is 28.4 Å². The molecule has 0 aromatic heterocycles. The molecule has 84 valence electrons. The standard InChI is InChI=1S/C9H21NO3Si/c1-3-6-12-14(13-7-4-2)8-5-9(10)11/h14H,3-8H2,1-2H3,(H2,10,11). The minimum atomic E-state index is -1.63. The van der Waals surface area contributed by atoms with E-state index in [2.05, 4.69) is 13.8 Å². The summed E-state index contributed by atoms with van der Waals surface area (Å²) in [6, 6.07) is 0.690. The molecule has 4 nitrogen and oxygen atoms in total. The Kier molecular flexibility index (Phi) is 8.92. The first-order valence-corrected chi connectivity index (χ1v) is 6.98. The zero-order valence-electron chi connectivity index (χ0n) is 9.12. The van der Waals surface area contributed by atoms with Crippen molar-refractivity contribution >= 4 is 15.2 Å². The summed E-state index contributed by atoms with van der Waals surface area (Å²) < 4.78 is 11.1. The fraction of sp³-hybridized carbons (Fsp3) is 0.889. The SMILES string of the molecule is CCCO[SiH](CCC(N)=O)OCCC. The lowest BCUT2D eigenvalue weighted by molar-refractivity contribution is -0.117. The van der Waals surface area contributed by atoms with E-state index in [9.17, 15) is 4.79 Å². The maximum Gasteiger partial charge on any atom is 0.321 e. The van der Waals surface area contributed by atoms with Crippen LogP contribution >= 0.6 is 0 Å². The predicted octanol–water partition coefficient (Wildman–Crippen LogP) is 0.935. The zero-order chi connectivity index (χ0) is 10.8. The average Bonchev–Trinajstić information content (AvgIpc) is 2.16. The third-order valence-electron chi connectivity index (χ3n) is 1.64. The van der Waals surface area contributed by atoms with Gasteiger partial charge >= 0.3 is 9.28 Å². The lowest BCUT2D eigenvalue weighted by Gasteiger charge is -2.15. The number of nitrogens with two attached hydrogens (primary N) is 1. The van der Waals surface area contributed by atoms with Crippen LogP contribution in [0, 0.1) is 0 Å². The van der Waals surface area contributed by atoms with Crippen LogP contribution in [0.25, 0.3) is 0 Å². The molecule has 0 saturated carbocycles. The summed E-state index contributed by atoms with van der Waals surface area (Å²) in [6.45, 7) is 5.55. The molecule has 0 spiro atoms. The van der Waals surface area contributed by atoms with E-state index in [4.69, 9.17) is 14.6 Å². The Balaban J connectivity index is 3.65. The second-order valence-corrected chi connectivity index (χ2v) is 5.28. The third kappa shape index (κ3) is 8.22. The molecule has 5 heteroatoms. The van der Waals surface area contributed by atoms with E-state index in [1.165, 1.54) is 0 Å². The number of hydrogen-bond acceptors (Lipinski definition) is 3. The average molecular weight is 219 g/mol. The first-order chi connectivity index (χ1) is 6.70. The molecule has 0 atom stereocenters. The normalized spacial score (nSPS) is 10.8. The van der Waals surface area contributed by atoms with E-state index in [0.717, 1.165) is 26.1 Å². The molecule has 0 heterocycles. The first kappa shape index (κ1) is 13.6. The molecule has 0 rings (SSSR count). The summed E-state index contributed by atoms with van der Waals surface area (Å²) in [6.07, 6.45) is 2.34. The number of hydrogen-bond donors (Lipinski definition) is 1. The van der Waals surface area contributed by atoms with Crippen LogP contribution in [-0.2, 0) is 13.6 Å². The van der Waals surface area contributed by atoms with E-state index in [1.807, 2.05) is 0 Å². The van der Waals surface area contributed by atoms with Crippen LogP contribution in [0.1, 0.15) is 33.1 Å². The van der Waals surface area contributed by atoms with Gasteiger partial charge in [0.1, 0.15) is 0 Å². The topological polar surface area (TPSA) is 61.5 Å². The van der Waals surface area contributed by atoms with Crippen molar-refractivity contribution in [2.75, 3.05) is 13.2 Å². The summed E-state index contributed by atoms with van der Waals surface area (Å²) in [4.78, 5) is 10.6. The molecule has 0 aromatic carbocycles. The predicted molar refractivity (Wildman–Crippen MR) is 58.3 cm³/mol. The van der Waals surface area contributed by atoms with E-state index < -0.39 is 9.28 Å². The Bertz CT molecular complexity index is 147. The van der Waals surface area contributed by atoms with E-state index in [-0.39, 0.29) is 5.91 Å². The maximum absolute atomic E-state index is 10.6. The van der Waals surface area contributed by atoms with Gasteiger partial charge in [-0.2, -0.15) is 0 Å². The Labute approximate surface area is 87.6 Å². The molecular formula is C9H21NO3Si. The van der Waals surface area contributed by atoms with Crippen LogP contribution in [0.5, 0.6) is 0 Å². The van der Waals surface area contributed by atoms with Crippen LogP contribution < -0.4 is 5.73 Å². The van der Waals surface area contributed by atoms with Crippen molar-refractivity contribution in [1.82, 2.24) is 0 Å². The molecule has 0 aromatic rings. The summed E-state index contributed by atoms with van der Waals surface area (Å²) in [7, 11) is -1.63. The van der Waals surface area contributed by atoms with E-state index in [1.54, 1.807) is 0 Å². The monoisotopic (exact) mass is 219 g/mol. The van der Waals surface area contributed by atoms with Crippen LogP contribution in [0.3, 0.4) is 0 Å². The van der Waals surface area contributed by atoms with Gasteiger partial charge in [0.05, 0.1) is 0 Å². The highest BCUT2D eigenvalue weighted by molar-refractivity contribution is 6.44. The highest BCUT2D eigenvalue weighted by Crippen LogP contribution is 2.02. The van der Waals surface area contributed by atoms with Gasteiger partial charge in [-0.25, -0.2) is 0 Å². The lowest BCUT2D eigenvalue weighted by Crippen LogP contribution is -2.26. The number of carbonyl (C=O) groups excluding carboxylic acids is 1. The summed E-state index contributed by atoms with van der Waals surface area (Å²) in [5.41, 5.74) is 5.07. The molecule has 0 bridgehead atoms. The molecule has 0 aliphatic carbocycles. The van der Waals surface area contributed by atoms with Crippen molar-refractivity contribution in [2.45, 2.75) is 39.2 Å². The van der Waals surface area contributed by atoms with E-state index in [0.29, 0.717) is 12.5 Å². The van der Waals surface area contributed by atoms with Gasteiger partial charge in [-0.3, -0.25) is 4.79 Å². The molecule has 2 N–H and O–H groups in total. The molecule has 0 unspecified atom stereocenters. The van der Waals surface area contributed by atoms with E-state index >= 15 is 0 Å².